The number of fused-ring (bicyclic) bond motifs is 1. The minimum Gasteiger partial charge on any atom is -0.361 e. The van der Waals surface area contributed by atoms with Gasteiger partial charge in [0, 0.05) is 22.7 Å². The van der Waals surface area contributed by atoms with Gasteiger partial charge in [-0.1, -0.05) is 12.1 Å². The molecule has 0 spiro atoms. The lowest BCUT2D eigenvalue weighted by atomic mass is 10.1. The number of amides is 1. The Bertz CT molecular complexity index is 908. The van der Waals surface area contributed by atoms with E-state index in [1.165, 1.54) is 6.92 Å². The van der Waals surface area contributed by atoms with Gasteiger partial charge in [0.25, 0.3) is 0 Å². The van der Waals surface area contributed by atoms with Gasteiger partial charge in [0.2, 0.25) is 5.91 Å². The Morgan fingerprint density at radius 2 is 2.04 bits per heavy atom. The third-order valence-corrected chi connectivity index (χ3v) is 3.90. The van der Waals surface area contributed by atoms with E-state index in [9.17, 15) is 18.0 Å². The van der Waals surface area contributed by atoms with Gasteiger partial charge in [-0.15, -0.1) is 0 Å². The fraction of sp³-hybridized carbons (Fsp3) is 0.250. The Morgan fingerprint density at radius 3 is 2.71 bits per heavy atom. The molecule has 0 bridgehead atoms. The highest BCUT2D eigenvalue weighted by molar-refractivity contribution is 5.96. The van der Waals surface area contributed by atoms with Crippen LogP contribution in [0.1, 0.15) is 22.4 Å². The zero-order valence-electron chi connectivity index (χ0n) is 13.0. The van der Waals surface area contributed by atoms with Crippen molar-refractivity contribution in [2.24, 2.45) is 0 Å². The second kappa shape index (κ2) is 5.70. The summed E-state index contributed by atoms with van der Waals surface area (Å²) in [7, 11) is 0. The van der Waals surface area contributed by atoms with Gasteiger partial charge < -0.3 is 10.3 Å². The predicted molar refractivity (Wildman–Crippen MR) is 83.7 cm³/mol. The fourth-order valence-electron chi connectivity index (χ4n) is 2.74. The summed E-state index contributed by atoms with van der Waals surface area (Å²) in [6, 6.07) is 5.74. The number of aromatic amines is 2. The molecule has 3 aromatic rings. The number of aryl methyl sites for hydroxylation is 1. The van der Waals surface area contributed by atoms with Crippen molar-refractivity contribution in [1.29, 1.82) is 0 Å². The van der Waals surface area contributed by atoms with Crippen LogP contribution in [0.3, 0.4) is 0 Å². The minimum absolute atomic E-state index is 0.0402. The van der Waals surface area contributed by atoms with E-state index in [0.717, 1.165) is 22.0 Å². The molecule has 3 rings (SSSR count). The monoisotopic (exact) mass is 336 g/mol. The number of nitrogens with one attached hydrogen (secondary N) is 3. The SMILES string of the molecule is Cc1c(NC(=O)Cc2c[nH]c3cccc(C)c23)n[nH]c1C(F)(F)F. The Balaban J connectivity index is 1.80. The van der Waals surface area contributed by atoms with E-state index in [-0.39, 0.29) is 17.8 Å². The number of carbonyl (C=O) groups excluding carboxylic acids is 1. The van der Waals surface area contributed by atoms with Crippen LogP contribution < -0.4 is 5.32 Å². The van der Waals surface area contributed by atoms with Crippen molar-refractivity contribution in [2.75, 3.05) is 5.32 Å². The van der Waals surface area contributed by atoms with Crippen LogP contribution in [0.25, 0.3) is 10.9 Å². The first kappa shape index (κ1) is 16.1. The third-order valence-electron chi connectivity index (χ3n) is 3.90. The number of alkyl halides is 3. The molecule has 0 aliphatic rings. The normalized spacial score (nSPS) is 11.9. The van der Waals surface area contributed by atoms with Crippen molar-refractivity contribution >= 4 is 22.6 Å². The molecule has 1 amide bonds. The number of rotatable bonds is 3. The van der Waals surface area contributed by atoms with E-state index in [0.29, 0.717) is 0 Å². The molecule has 5 nitrogen and oxygen atoms in total. The van der Waals surface area contributed by atoms with Crippen LogP contribution in [0.4, 0.5) is 19.0 Å². The molecule has 0 fully saturated rings. The van der Waals surface area contributed by atoms with Gasteiger partial charge in [-0.2, -0.15) is 18.3 Å². The number of nitrogens with zero attached hydrogens (tertiary/aromatic N) is 1. The molecule has 0 unspecified atom stereocenters. The molecule has 0 radical (unpaired) electrons. The van der Waals surface area contributed by atoms with Gasteiger partial charge in [0.1, 0.15) is 5.69 Å². The number of benzene rings is 1. The van der Waals surface area contributed by atoms with Crippen molar-refractivity contribution in [2.45, 2.75) is 26.4 Å². The first-order valence-electron chi connectivity index (χ1n) is 7.25. The predicted octanol–water partition coefficient (Wildman–Crippen LogP) is 3.71. The highest BCUT2D eigenvalue weighted by Gasteiger charge is 2.36. The number of aromatic nitrogens is 3. The maximum Gasteiger partial charge on any atom is 0.433 e. The maximum atomic E-state index is 12.7. The molecule has 2 aromatic heterocycles. The summed E-state index contributed by atoms with van der Waals surface area (Å²) in [6.45, 7) is 3.20. The van der Waals surface area contributed by atoms with Crippen molar-refractivity contribution in [3.63, 3.8) is 0 Å². The van der Waals surface area contributed by atoms with E-state index in [1.807, 2.05) is 30.2 Å². The largest absolute Gasteiger partial charge is 0.433 e. The molecule has 0 aliphatic carbocycles. The summed E-state index contributed by atoms with van der Waals surface area (Å²) >= 11 is 0. The molecule has 126 valence electrons. The second-order valence-corrected chi connectivity index (χ2v) is 5.61. The topological polar surface area (TPSA) is 73.6 Å². The Kier molecular flexibility index (Phi) is 3.82. The zero-order chi connectivity index (χ0) is 17.5. The van der Waals surface area contributed by atoms with E-state index < -0.39 is 17.8 Å². The highest BCUT2D eigenvalue weighted by Crippen LogP contribution is 2.32. The average Bonchev–Trinajstić information content (AvgIpc) is 3.04. The van der Waals surface area contributed by atoms with Gasteiger partial charge in [0.15, 0.2) is 5.82 Å². The second-order valence-electron chi connectivity index (χ2n) is 5.61. The quantitative estimate of drug-likeness (QED) is 0.682. The van der Waals surface area contributed by atoms with Crippen LogP contribution >= 0.6 is 0 Å². The summed E-state index contributed by atoms with van der Waals surface area (Å²) in [5.74, 6) is -0.536. The van der Waals surface area contributed by atoms with Crippen LogP contribution in [0.5, 0.6) is 0 Å². The van der Waals surface area contributed by atoms with Gasteiger partial charge in [-0.3, -0.25) is 9.89 Å². The molecule has 24 heavy (non-hydrogen) atoms. The van der Waals surface area contributed by atoms with Crippen molar-refractivity contribution < 1.29 is 18.0 Å². The summed E-state index contributed by atoms with van der Waals surface area (Å²) in [6.07, 6.45) is -2.76. The molecule has 0 saturated heterocycles. The molecule has 3 N–H and O–H groups in total. The first-order chi connectivity index (χ1) is 11.3. The first-order valence-corrected chi connectivity index (χ1v) is 7.25. The standard InChI is InChI=1S/C16H15F3N4O/c1-8-4-3-5-11-13(8)10(7-20-11)6-12(24)21-15-9(2)14(22-23-15)16(17,18)19/h3-5,7,20H,6H2,1-2H3,(H2,21,22,23,24). The number of carbonyl (C=O) groups is 1. The lowest BCUT2D eigenvalue weighted by Crippen LogP contribution is -2.15. The van der Waals surface area contributed by atoms with Gasteiger partial charge >= 0.3 is 6.18 Å². The zero-order valence-corrected chi connectivity index (χ0v) is 13.0. The van der Waals surface area contributed by atoms with Crippen LogP contribution in [0.15, 0.2) is 24.4 Å². The number of hydrogen-bond acceptors (Lipinski definition) is 2. The minimum atomic E-state index is -4.53. The summed E-state index contributed by atoms with van der Waals surface area (Å²) in [5.41, 5.74) is 1.62. The van der Waals surface area contributed by atoms with Crippen molar-refractivity contribution in [3.05, 3.63) is 46.8 Å². The molecule has 1 aromatic carbocycles. The number of anilines is 1. The Hall–Kier alpha value is -2.77. The molecular formula is C16H15F3N4O. The smallest absolute Gasteiger partial charge is 0.361 e. The van der Waals surface area contributed by atoms with Crippen molar-refractivity contribution in [1.82, 2.24) is 15.2 Å². The molecular weight excluding hydrogens is 321 g/mol. The summed E-state index contributed by atoms with van der Waals surface area (Å²) in [5, 5.41) is 8.84. The Labute approximate surface area is 135 Å². The van der Waals surface area contributed by atoms with Gasteiger partial charge in [-0.05, 0) is 31.0 Å². The lowest BCUT2D eigenvalue weighted by Gasteiger charge is -2.06. The summed E-state index contributed by atoms with van der Waals surface area (Å²) < 4.78 is 38.2. The van der Waals surface area contributed by atoms with Crippen LogP contribution in [-0.2, 0) is 17.4 Å². The molecule has 0 saturated carbocycles. The number of halogens is 3. The van der Waals surface area contributed by atoms with Crippen LogP contribution in [0.2, 0.25) is 0 Å². The van der Waals surface area contributed by atoms with E-state index in [4.69, 9.17) is 0 Å². The molecule has 0 atom stereocenters. The van der Waals surface area contributed by atoms with Gasteiger partial charge in [0.05, 0.1) is 6.42 Å². The van der Waals surface area contributed by atoms with Gasteiger partial charge in [-0.25, -0.2) is 0 Å². The average molecular weight is 336 g/mol. The lowest BCUT2D eigenvalue weighted by molar-refractivity contribution is -0.141. The van der Waals surface area contributed by atoms with Crippen molar-refractivity contribution in [3.8, 4) is 0 Å². The maximum absolute atomic E-state index is 12.7. The number of hydrogen-bond donors (Lipinski definition) is 3. The number of H-pyrrole nitrogens is 2. The summed E-state index contributed by atoms with van der Waals surface area (Å²) in [4.78, 5) is 15.3. The van der Waals surface area contributed by atoms with Crippen LogP contribution in [-0.4, -0.2) is 21.1 Å². The fourth-order valence-corrected chi connectivity index (χ4v) is 2.74. The molecule has 2 heterocycles. The van der Waals surface area contributed by atoms with E-state index in [1.54, 1.807) is 6.20 Å². The Morgan fingerprint density at radius 1 is 1.29 bits per heavy atom. The highest BCUT2D eigenvalue weighted by atomic mass is 19.4. The third kappa shape index (κ3) is 2.86. The molecule has 8 heteroatoms. The van der Waals surface area contributed by atoms with Crippen LogP contribution in [0, 0.1) is 13.8 Å². The molecule has 0 aliphatic heterocycles. The van der Waals surface area contributed by atoms with E-state index in [2.05, 4.69) is 15.4 Å². The van der Waals surface area contributed by atoms with E-state index >= 15 is 0 Å².